The highest BCUT2D eigenvalue weighted by Crippen LogP contribution is 2.62. The Morgan fingerprint density at radius 3 is 1.70 bits per heavy atom. The summed E-state index contributed by atoms with van der Waals surface area (Å²) in [5.74, 6) is 0.540. The van der Waals surface area contributed by atoms with Crippen molar-refractivity contribution >= 4 is 9.84 Å². The largest absolute Gasteiger partial charge is 0.264 e. The second-order valence-corrected chi connectivity index (χ2v) is 20.1. The van der Waals surface area contributed by atoms with Crippen LogP contribution in [-0.2, 0) is 20.7 Å². The maximum Gasteiger partial charge on any atom is 0.207 e. The monoisotopic (exact) mass is 880 g/mol. The maximum absolute atomic E-state index is 15.4. The molecule has 1 spiro atoms. The Balaban J connectivity index is 1.13. The average Bonchev–Trinajstić information content (AvgIpc) is 3.54. The highest BCUT2D eigenvalue weighted by molar-refractivity contribution is 7.91. The van der Waals surface area contributed by atoms with Crippen molar-refractivity contribution in [2.24, 2.45) is 0 Å². The molecule has 0 radical (unpaired) electrons. The normalized spacial score (nSPS) is 16.3. The van der Waals surface area contributed by atoms with Crippen molar-refractivity contribution in [2.45, 2.75) is 34.5 Å². The number of aromatic nitrogens is 4. The van der Waals surface area contributed by atoms with E-state index < -0.39 is 20.7 Å². The fourth-order valence-corrected chi connectivity index (χ4v) is 13.0. The highest BCUT2D eigenvalue weighted by Gasteiger charge is 2.53. The number of fused-ring (bicyclic) bond motifs is 14. The van der Waals surface area contributed by atoms with Gasteiger partial charge in [-0.25, -0.2) is 18.4 Å². The molecule has 7 heteroatoms. The van der Waals surface area contributed by atoms with Gasteiger partial charge in [0.25, 0.3) is 0 Å². The van der Waals surface area contributed by atoms with Gasteiger partial charge in [0.1, 0.15) is 0 Å². The van der Waals surface area contributed by atoms with Gasteiger partial charge in [0.15, 0.2) is 5.82 Å². The second kappa shape index (κ2) is 14.4. The van der Waals surface area contributed by atoms with Crippen LogP contribution in [0.1, 0.15) is 47.2 Å². The molecule has 0 N–H and O–H groups in total. The van der Waals surface area contributed by atoms with Crippen molar-refractivity contribution in [3.05, 3.63) is 240 Å². The van der Waals surface area contributed by atoms with E-state index in [1.54, 1.807) is 12.3 Å². The van der Waals surface area contributed by atoms with Crippen molar-refractivity contribution in [3.8, 4) is 78.5 Å². The van der Waals surface area contributed by atoms with E-state index in [-0.39, 0.29) is 0 Å². The molecule has 2 aliphatic carbocycles. The number of hydrogen-bond acceptors (Lipinski definition) is 6. The molecule has 0 bridgehead atoms. The van der Waals surface area contributed by atoms with Crippen LogP contribution in [0, 0.1) is 0 Å². The Morgan fingerprint density at radius 1 is 0.388 bits per heavy atom. The molecule has 1 unspecified atom stereocenters. The van der Waals surface area contributed by atoms with Crippen LogP contribution < -0.4 is 0 Å². The molecule has 318 valence electrons. The Hall–Kier alpha value is -8.13. The molecule has 13 rings (SSSR count). The lowest BCUT2D eigenvalue weighted by molar-refractivity contribution is 0.577. The molecule has 0 amide bonds. The van der Waals surface area contributed by atoms with E-state index in [1.807, 2.05) is 85.2 Å². The number of benzene rings is 7. The van der Waals surface area contributed by atoms with E-state index in [0.29, 0.717) is 21.2 Å². The van der Waals surface area contributed by atoms with Crippen LogP contribution >= 0.6 is 0 Å². The molecule has 3 aromatic heterocycles. The van der Waals surface area contributed by atoms with Crippen LogP contribution in [0.25, 0.3) is 78.5 Å². The Labute approximate surface area is 389 Å². The fourth-order valence-electron chi connectivity index (χ4n) is 11.2. The zero-order chi connectivity index (χ0) is 45.1. The van der Waals surface area contributed by atoms with Crippen LogP contribution in [0.15, 0.2) is 216 Å². The highest BCUT2D eigenvalue weighted by atomic mass is 32.2. The molecule has 67 heavy (non-hydrogen) atoms. The number of pyridine rings is 2. The van der Waals surface area contributed by atoms with E-state index in [9.17, 15) is 0 Å². The lowest BCUT2D eigenvalue weighted by atomic mass is 9.62. The van der Waals surface area contributed by atoms with Gasteiger partial charge in [-0.15, -0.1) is 0 Å². The lowest BCUT2D eigenvalue weighted by Gasteiger charge is -2.43. The quantitative estimate of drug-likeness (QED) is 0.175. The van der Waals surface area contributed by atoms with Crippen molar-refractivity contribution < 1.29 is 8.42 Å². The third-order valence-electron chi connectivity index (χ3n) is 14.3. The molecular weight excluding hydrogens is 841 g/mol. The van der Waals surface area contributed by atoms with Gasteiger partial charge in [0, 0.05) is 46.3 Å². The Bertz CT molecular complexity index is 3790. The predicted octanol–water partition coefficient (Wildman–Crippen LogP) is 13.4. The third kappa shape index (κ3) is 5.65. The van der Waals surface area contributed by atoms with Gasteiger partial charge in [-0.2, -0.15) is 0 Å². The summed E-state index contributed by atoms with van der Waals surface area (Å²) >= 11 is 0. The fraction of sp³-hybridized carbons (Fsp3) is 0.0667. The number of sulfone groups is 1. The van der Waals surface area contributed by atoms with Gasteiger partial charge in [0.2, 0.25) is 9.84 Å². The van der Waals surface area contributed by atoms with Gasteiger partial charge in [-0.05, 0) is 121 Å². The minimum absolute atomic E-state index is 0.305. The first-order valence-corrected chi connectivity index (χ1v) is 24.0. The summed E-state index contributed by atoms with van der Waals surface area (Å²) in [5.41, 5.74) is 16.3. The van der Waals surface area contributed by atoms with Gasteiger partial charge in [0.05, 0.1) is 32.3 Å². The zero-order valence-corrected chi connectivity index (χ0v) is 37.5. The molecule has 7 aromatic carbocycles. The van der Waals surface area contributed by atoms with Crippen LogP contribution in [0.3, 0.4) is 0 Å². The van der Waals surface area contributed by atoms with E-state index in [1.165, 1.54) is 5.56 Å². The van der Waals surface area contributed by atoms with Crippen molar-refractivity contribution in [3.63, 3.8) is 0 Å². The SMILES string of the molecule is CC1(C)c2ccccc2-c2cc3c(cc21)S(=O)(=O)c1ccccc1C31c2ccccc2-c2ccccc2-c2ccc(-c3nc(-c4ccccc4)cc(-c4ccc(-c5cccnc5)nc4)n3)cc21. The summed E-state index contributed by atoms with van der Waals surface area (Å²) in [6.45, 7) is 4.40. The molecule has 1 aliphatic heterocycles. The number of hydrogen-bond donors (Lipinski definition) is 0. The molecule has 10 aromatic rings. The van der Waals surface area contributed by atoms with Crippen LogP contribution in [0.2, 0.25) is 0 Å². The summed E-state index contributed by atoms with van der Waals surface area (Å²) in [7, 11) is -4.01. The summed E-state index contributed by atoms with van der Waals surface area (Å²) in [4.78, 5) is 20.4. The van der Waals surface area contributed by atoms with Gasteiger partial charge >= 0.3 is 0 Å². The van der Waals surface area contributed by atoms with Crippen molar-refractivity contribution in [1.82, 2.24) is 19.9 Å². The van der Waals surface area contributed by atoms with Crippen LogP contribution in [0.5, 0.6) is 0 Å². The summed E-state index contributed by atoms with van der Waals surface area (Å²) in [6.07, 6.45) is 5.43. The smallest absolute Gasteiger partial charge is 0.207 e. The number of rotatable bonds is 4. The minimum atomic E-state index is -4.01. The summed E-state index contributed by atoms with van der Waals surface area (Å²) in [5, 5.41) is 0. The Morgan fingerprint density at radius 2 is 0.985 bits per heavy atom. The van der Waals surface area contributed by atoms with E-state index in [4.69, 9.17) is 15.0 Å². The lowest BCUT2D eigenvalue weighted by Crippen LogP contribution is -2.38. The summed E-state index contributed by atoms with van der Waals surface area (Å²) < 4.78 is 30.9. The summed E-state index contributed by atoms with van der Waals surface area (Å²) in [6, 6.07) is 64.1. The molecule has 0 fully saturated rings. The average molecular weight is 881 g/mol. The third-order valence-corrected chi connectivity index (χ3v) is 16.1. The predicted molar refractivity (Wildman–Crippen MR) is 265 cm³/mol. The maximum atomic E-state index is 15.4. The van der Waals surface area contributed by atoms with Crippen molar-refractivity contribution in [2.75, 3.05) is 0 Å². The second-order valence-electron chi connectivity index (χ2n) is 18.2. The molecule has 0 saturated carbocycles. The first kappa shape index (κ1) is 39.3. The van der Waals surface area contributed by atoms with E-state index in [2.05, 4.69) is 128 Å². The van der Waals surface area contributed by atoms with Gasteiger partial charge < -0.3 is 0 Å². The van der Waals surface area contributed by atoms with E-state index in [0.717, 1.165) is 95.0 Å². The molecule has 6 nitrogen and oxygen atoms in total. The molecular formula is C60H40N4O2S. The first-order valence-electron chi connectivity index (χ1n) is 22.5. The molecule has 3 aliphatic rings. The topological polar surface area (TPSA) is 85.7 Å². The molecule has 4 heterocycles. The number of nitrogens with zero attached hydrogens (tertiary/aromatic N) is 4. The van der Waals surface area contributed by atoms with Gasteiger partial charge in [-0.1, -0.05) is 147 Å². The first-order chi connectivity index (χ1) is 32.7. The minimum Gasteiger partial charge on any atom is -0.264 e. The molecule has 1 atom stereocenters. The van der Waals surface area contributed by atoms with Crippen LogP contribution in [0.4, 0.5) is 0 Å². The van der Waals surface area contributed by atoms with E-state index >= 15 is 8.42 Å². The standard InChI is InChI=1S/C60H40N4O2S/c1-59(2)47-22-10-8-21-44(47)46-32-52-57(33-50(46)59)67(65,66)56-25-13-12-24-49(56)60(52)48-23-11-9-20-43(48)41-18-6-7-19-42(41)45-28-26-38(31-51(45)60)58-63-54(37-15-4-3-5-16-37)34-55(64-58)40-27-29-53(62-36-40)39-17-14-30-61-35-39/h3-36H,1-2H3. The van der Waals surface area contributed by atoms with Crippen LogP contribution in [-0.4, -0.2) is 28.4 Å². The molecule has 0 saturated heterocycles. The Kier molecular flexibility index (Phi) is 8.46. The zero-order valence-electron chi connectivity index (χ0n) is 36.6. The van der Waals surface area contributed by atoms with Crippen molar-refractivity contribution in [1.29, 1.82) is 0 Å². The van der Waals surface area contributed by atoms with Gasteiger partial charge in [-0.3, -0.25) is 9.97 Å².